The molecule has 116 valence electrons. The van der Waals surface area contributed by atoms with E-state index in [1.54, 1.807) is 0 Å². The Morgan fingerprint density at radius 1 is 1.10 bits per heavy atom. The average Bonchev–Trinajstić information content (AvgIpc) is 2.94. The van der Waals surface area contributed by atoms with E-state index < -0.39 is 0 Å². The van der Waals surface area contributed by atoms with E-state index in [0.717, 1.165) is 0 Å². The summed E-state index contributed by atoms with van der Waals surface area (Å²) in [6.07, 6.45) is 9.12. The fourth-order valence-electron chi connectivity index (χ4n) is 3.88. The third-order valence-corrected chi connectivity index (χ3v) is 6.01. The van der Waals surface area contributed by atoms with E-state index in [1.165, 1.54) is 57.5 Å². The lowest BCUT2D eigenvalue weighted by molar-refractivity contribution is 0.118. The summed E-state index contributed by atoms with van der Waals surface area (Å²) >= 11 is 0. The van der Waals surface area contributed by atoms with Crippen molar-refractivity contribution < 1.29 is 0 Å². The summed E-state index contributed by atoms with van der Waals surface area (Å²) in [6.45, 7) is 12.1. The van der Waals surface area contributed by atoms with E-state index in [-0.39, 0.29) is 0 Å². The van der Waals surface area contributed by atoms with E-state index in [4.69, 9.17) is 0 Å². The summed E-state index contributed by atoms with van der Waals surface area (Å²) in [6, 6.07) is 4.28. The molecule has 0 atom stereocenters. The summed E-state index contributed by atoms with van der Waals surface area (Å²) in [7, 11) is 0. The van der Waals surface area contributed by atoms with Crippen LogP contribution in [0.3, 0.4) is 0 Å². The van der Waals surface area contributed by atoms with Gasteiger partial charge in [-0.05, 0) is 63.6 Å². The molecule has 0 aliphatic carbocycles. The molecule has 1 aromatic heterocycles. The Morgan fingerprint density at radius 2 is 1.71 bits per heavy atom. The first-order valence-corrected chi connectivity index (χ1v) is 8.45. The van der Waals surface area contributed by atoms with Gasteiger partial charge in [0.15, 0.2) is 0 Å². The molecule has 1 aromatic rings. The van der Waals surface area contributed by atoms with Crippen LogP contribution in [0.4, 0.5) is 5.69 Å². The number of rotatable bonds is 3. The molecule has 0 bridgehead atoms. The van der Waals surface area contributed by atoms with E-state index in [0.29, 0.717) is 11.0 Å². The van der Waals surface area contributed by atoms with Crippen molar-refractivity contribution >= 4 is 5.69 Å². The lowest BCUT2D eigenvalue weighted by atomic mass is 9.77. The topological polar surface area (TPSA) is 19.4 Å². The van der Waals surface area contributed by atoms with Crippen LogP contribution in [0.2, 0.25) is 0 Å². The average molecular weight is 287 g/mol. The van der Waals surface area contributed by atoms with Crippen molar-refractivity contribution in [1.82, 2.24) is 9.88 Å². The van der Waals surface area contributed by atoms with Gasteiger partial charge in [-0.2, -0.15) is 0 Å². The standard InChI is InChI=1S/C18H29N3/c1-4-17(2,3)21-14-9-18(15-21)7-12-20(13-8-18)16-5-10-19-11-6-16/h5-6,10-11H,4,7-9,12-15H2,1-3H3. The molecule has 3 heteroatoms. The number of hydrogen-bond donors (Lipinski definition) is 0. The molecule has 0 unspecified atom stereocenters. The molecular formula is C18H29N3. The van der Waals surface area contributed by atoms with Crippen molar-refractivity contribution in [2.75, 3.05) is 31.1 Å². The molecule has 2 fully saturated rings. The van der Waals surface area contributed by atoms with Crippen molar-refractivity contribution in [2.24, 2.45) is 5.41 Å². The fourth-order valence-corrected chi connectivity index (χ4v) is 3.88. The van der Waals surface area contributed by atoms with E-state index >= 15 is 0 Å². The minimum atomic E-state index is 0.367. The number of pyridine rings is 1. The van der Waals surface area contributed by atoms with Crippen molar-refractivity contribution in [3.05, 3.63) is 24.5 Å². The van der Waals surface area contributed by atoms with Crippen LogP contribution in [0.25, 0.3) is 0 Å². The summed E-state index contributed by atoms with van der Waals surface area (Å²) in [4.78, 5) is 9.38. The first-order chi connectivity index (χ1) is 10.0. The molecule has 21 heavy (non-hydrogen) atoms. The molecule has 0 radical (unpaired) electrons. The molecule has 0 saturated carbocycles. The Morgan fingerprint density at radius 3 is 2.33 bits per heavy atom. The van der Waals surface area contributed by atoms with Crippen molar-refractivity contribution in [1.29, 1.82) is 0 Å². The SMILES string of the molecule is CCC(C)(C)N1CCC2(CCN(c3ccncc3)CC2)C1. The van der Waals surface area contributed by atoms with Crippen LogP contribution < -0.4 is 4.90 Å². The van der Waals surface area contributed by atoms with Crippen LogP contribution in [-0.4, -0.2) is 41.6 Å². The summed E-state index contributed by atoms with van der Waals surface area (Å²) in [5, 5.41) is 0. The second-order valence-electron chi connectivity index (χ2n) is 7.53. The zero-order valence-corrected chi connectivity index (χ0v) is 13.8. The van der Waals surface area contributed by atoms with E-state index in [9.17, 15) is 0 Å². The quantitative estimate of drug-likeness (QED) is 0.847. The number of piperidine rings is 1. The highest BCUT2D eigenvalue weighted by Crippen LogP contribution is 2.43. The van der Waals surface area contributed by atoms with Crippen LogP contribution >= 0.6 is 0 Å². The van der Waals surface area contributed by atoms with Crippen LogP contribution in [0.1, 0.15) is 46.5 Å². The summed E-state index contributed by atoms with van der Waals surface area (Å²) in [5.41, 5.74) is 2.28. The zero-order chi connectivity index (χ0) is 14.9. The Kier molecular flexibility index (Phi) is 3.96. The predicted octanol–water partition coefficient (Wildman–Crippen LogP) is 3.56. The van der Waals surface area contributed by atoms with Gasteiger partial charge in [-0.3, -0.25) is 9.88 Å². The smallest absolute Gasteiger partial charge is 0.0397 e. The van der Waals surface area contributed by atoms with Gasteiger partial charge in [0.1, 0.15) is 0 Å². The second kappa shape index (κ2) is 5.60. The molecular weight excluding hydrogens is 258 g/mol. The highest BCUT2D eigenvalue weighted by molar-refractivity contribution is 5.45. The minimum absolute atomic E-state index is 0.367. The van der Waals surface area contributed by atoms with Crippen molar-refractivity contribution in [3.8, 4) is 0 Å². The van der Waals surface area contributed by atoms with Gasteiger partial charge in [0.05, 0.1) is 0 Å². The zero-order valence-electron chi connectivity index (χ0n) is 13.8. The second-order valence-corrected chi connectivity index (χ2v) is 7.53. The Hall–Kier alpha value is -1.09. The number of anilines is 1. The minimum Gasteiger partial charge on any atom is -0.371 e. The maximum Gasteiger partial charge on any atom is 0.0397 e. The molecule has 0 aromatic carbocycles. The van der Waals surface area contributed by atoms with Crippen LogP contribution in [-0.2, 0) is 0 Å². The third-order valence-electron chi connectivity index (χ3n) is 6.01. The molecule has 2 saturated heterocycles. The molecule has 3 nitrogen and oxygen atoms in total. The van der Waals surface area contributed by atoms with Crippen LogP contribution in [0.15, 0.2) is 24.5 Å². The third kappa shape index (κ3) is 2.94. The first-order valence-electron chi connectivity index (χ1n) is 8.45. The maximum atomic E-state index is 4.12. The molecule has 0 amide bonds. The van der Waals surface area contributed by atoms with Crippen LogP contribution in [0.5, 0.6) is 0 Å². The lowest BCUT2D eigenvalue weighted by Crippen LogP contribution is -2.46. The highest BCUT2D eigenvalue weighted by atomic mass is 15.2. The van der Waals surface area contributed by atoms with Gasteiger partial charge in [0.2, 0.25) is 0 Å². The Labute approximate surface area is 129 Å². The molecule has 3 rings (SSSR count). The van der Waals surface area contributed by atoms with Gasteiger partial charge in [-0.15, -0.1) is 0 Å². The van der Waals surface area contributed by atoms with Crippen LogP contribution in [0, 0.1) is 5.41 Å². The molecule has 2 aliphatic heterocycles. The van der Waals surface area contributed by atoms with Gasteiger partial charge < -0.3 is 4.90 Å². The Balaban J connectivity index is 1.61. The van der Waals surface area contributed by atoms with E-state index in [1.807, 2.05) is 12.4 Å². The molecule has 0 N–H and O–H groups in total. The number of nitrogens with zero attached hydrogens (tertiary/aromatic N) is 3. The Bertz CT molecular complexity index is 461. The molecule has 1 spiro atoms. The van der Waals surface area contributed by atoms with Gasteiger partial charge in [-0.25, -0.2) is 0 Å². The first kappa shape index (κ1) is 14.8. The molecule has 3 heterocycles. The van der Waals surface area contributed by atoms with Gasteiger partial charge in [-0.1, -0.05) is 6.92 Å². The number of likely N-dealkylation sites (tertiary alicyclic amines) is 1. The van der Waals surface area contributed by atoms with Gasteiger partial charge in [0, 0.05) is 43.3 Å². The number of hydrogen-bond acceptors (Lipinski definition) is 3. The number of aromatic nitrogens is 1. The fraction of sp³-hybridized carbons (Fsp3) is 0.722. The summed E-state index contributed by atoms with van der Waals surface area (Å²) in [5.74, 6) is 0. The van der Waals surface area contributed by atoms with Gasteiger partial charge in [0.25, 0.3) is 0 Å². The summed E-state index contributed by atoms with van der Waals surface area (Å²) < 4.78 is 0. The predicted molar refractivity (Wildman–Crippen MR) is 88.7 cm³/mol. The normalized spacial score (nSPS) is 22.9. The van der Waals surface area contributed by atoms with E-state index in [2.05, 4.69) is 47.7 Å². The molecule has 2 aliphatic rings. The maximum absolute atomic E-state index is 4.12. The largest absolute Gasteiger partial charge is 0.371 e. The van der Waals surface area contributed by atoms with Gasteiger partial charge >= 0.3 is 0 Å². The van der Waals surface area contributed by atoms with Crippen molar-refractivity contribution in [3.63, 3.8) is 0 Å². The lowest BCUT2D eigenvalue weighted by Gasteiger charge is -2.42. The van der Waals surface area contributed by atoms with Crippen molar-refractivity contribution in [2.45, 2.75) is 52.0 Å². The monoisotopic (exact) mass is 287 g/mol. The highest BCUT2D eigenvalue weighted by Gasteiger charge is 2.43.